The highest BCUT2D eigenvalue weighted by Gasteiger charge is 2.54. The molecule has 40 heavy (non-hydrogen) atoms. The number of thiazole rings is 1. The molecule has 0 radical (unpaired) electrons. The molecule has 0 spiro atoms. The number of aliphatic carboxylic acids is 1. The first-order valence-electron chi connectivity index (χ1n) is 11.6. The average Bonchev–Trinajstić information content (AvgIpc) is 3.56. The van der Waals surface area contributed by atoms with Gasteiger partial charge in [0.1, 0.15) is 22.8 Å². The fraction of sp³-hybridized carbons (Fsp3) is 0.450. The van der Waals surface area contributed by atoms with E-state index in [0.717, 1.165) is 16.2 Å². The minimum atomic E-state index is -1.27. The molecular formula is C20H24N10O7S3. The maximum atomic E-state index is 13.1. The van der Waals surface area contributed by atoms with Crippen LogP contribution in [0.1, 0.15) is 12.6 Å². The molecule has 0 aromatic carbocycles. The molecule has 2 aliphatic rings. The third kappa shape index (κ3) is 6.35. The van der Waals surface area contributed by atoms with Gasteiger partial charge in [-0.05, 0) is 22.9 Å². The van der Waals surface area contributed by atoms with E-state index in [2.05, 4.69) is 31.0 Å². The van der Waals surface area contributed by atoms with Gasteiger partial charge < -0.3 is 31.5 Å². The van der Waals surface area contributed by atoms with Crippen LogP contribution in [-0.4, -0.2) is 107 Å². The van der Waals surface area contributed by atoms with Gasteiger partial charge in [0.25, 0.3) is 11.8 Å². The average molecular weight is 613 g/mol. The molecule has 1 fully saturated rings. The van der Waals surface area contributed by atoms with Crippen molar-refractivity contribution in [2.45, 2.75) is 30.0 Å². The molecule has 4 heterocycles. The number of nitrogens with two attached hydrogens (primary N) is 2. The fourth-order valence-electron chi connectivity index (χ4n) is 3.67. The van der Waals surface area contributed by atoms with E-state index >= 15 is 0 Å². The number of fused-ring (bicyclic) bond motifs is 1. The zero-order valence-electron chi connectivity index (χ0n) is 20.9. The normalized spacial score (nSPS) is 18.7. The number of rotatable bonds is 13. The zero-order chi connectivity index (χ0) is 28.8. The Morgan fingerprint density at radius 3 is 2.85 bits per heavy atom. The minimum Gasteiger partial charge on any atom is -0.477 e. The Kier molecular flexibility index (Phi) is 9.55. The number of β-lactam (4-membered cyclic amide) rings is 1. The Hall–Kier alpha value is -3.75. The first kappa shape index (κ1) is 29.2. The highest BCUT2D eigenvalue weighted by molar-refractivity contribution is 8.01. The van der Waals surface area contributed by atoms with Crippen LogP contribution in [0.3, 0.4) is 0 Å². The van der Waals surface area contributed by atoms with E-state index in [-0.39, 0.29) is 34.6 Å². The second-order valence-corrected chi connectivity index (χ2v) is 10.9. The van der Waals surface area contributed by atoms with E-state index in [1.165, 1.54) is 33.6 Å². The molecule has 4 rings (SSSR count). The van der Waals surface area contributed by atoms with Gasteiger partial charge in [-0.2, -0.15) is 0 Å². The Morgan fingerprint density at radius 1 is 1.38 bits per heavy atom. The molecule has 17 nitrogen and oxygen atoms in total. The molecule has 2 aromatic heterocycles. The number of nitrogens with zero attached hydrogens (tertiary/aromatic N) is 7. The van der Waals surface area contributed by atoms with Crippen LogP contribution in [0.2, 0.25) is 0 Å². The number of aromatic nitrogens is 5. The van der Waals surface area contributed by atoms with Crippen molar-refractivity contribution in [1.82, 2.24) is 35.4 Å². The van der Waals surface area contributed by atoms with E-state index < -0.39 is 41.8 Å². The summed E-state index contributed by atoms with van der Waals surface area (Å²) in [6.07, 6.45) is 0. The molecule has 6 N–H and O–H groups in total. The van der Waals surface area contributed by atoms with Gasteiger partial charge in [-0.3, -0.25) is 14.5 Å². The number of carboxylic acid groups (broad SMARTS) is 1. The van der Waals surface area contributed by atoms with Crippen molar-refractivity contribution in [2.75, 3.05) is 37.0 Å². The van der Waals surface area contributed by atoms with Crippen molar-refractivity contribution in [3.63, 3.8) is 0 Å². The van der Waals surface area contributed by atoms with Crippen molar-refractivity contribution in [2.24, 2.45) is 10.9 Å². The van der Waals surface area contributed by atoms with Crippen molar-refractivity contribution in [1.29, 1.82) is 0 Å². The van der Waals surface area contributed by atoms with Gasteiger partial charge in [-0.15, -0.1) is 28.2 Å². The lowest BCUT2D eigenvalue weighted by atomic mass is 10.0. The van der Waals surface area contributed by atoms with Gasteiger partial charge in [-0.25, -0.2) is 19.3 Å². The van der Waals surface area contributed by atoms with E-state index in [1.807, 2.05) is 0 Å². The summed E-state index contributed by atoms with van der Waals surface area (Å²) < 4.78 is 6.27. The molecule has 214 valence electrons. The van der Waals surface area contributed by atoms with E-state index in [0.29, 0.717) is 29.6 Å². The summed E-state index contributed by atoms with van der Waals surface area (Å²) in [5.41, 5.74) is 11.4. The summed E-state index contributed by atoms with van der Waals surface area (Å²) >= 11 is 3.58. The van der Waals surface area contributed by atoms with Crippen LogP contribution >= 0.6 is 34.9 Å². The summed E-state index contributed by atoms with van der Waals surface area (Å²) in [6, 6.07) is -1.04. The van der Waals surface area contributed by atoms with Crippen molar-refractivity contribution in [3.8, 4) is 0 Å². The predicted octanol–water partition coefficient (Wildman–Crippen LogP) is -1.51. The summed E-state index contributed by atoms with van der Waals surface area (Å²) in [5.74, 6) is -2.87. The number of thioether (sulfide) groups is 2. The molecule has 2 amide bonds. The molecule has 2 atom stereocenters. The van der Waals surface area contributed by atoms with Crippen LogP contribution in [0.25, 0.3) is 0 Å². The smallest absolute Gasteiger partial charge is 0.352 e. The minimum absolute atomic E-state index is 0.0752. The number of esters is 1. The van der Waals surface area contributed by atoms with Crippen molar-refractivity contribution >= 4 is 69.5 Å². The number of nitrogens with one attached hydrogen (secondary N) is 1. The number of ether oxygens (including phenoxy) is 1. The Bertz CT molecular complexity index is 1360. The molecule has 1 unspecified atom stereocenters. The maximum Gasteiger partial charge on any atom is 0.352 e. The molecule has 0 saturated carbocycles. The number of carboxylic acids is 1. The van der Waals surface area contributed by atoms with E-state index in [9.17, 15) is 24.3 Å². The highest BCUT2D eigenvalue weighted by atomic mass is 32.2. The number of carbonyl (C=O) groups is 4. The van der Waals surface area contributed by atoms with Crippen LogP contribution in [0.5, 0.6) is 0 Å². The van der Waals surface area contributed by atoms with Gasteiger partial charge in [0.05, 0.1) is 13.2 Å². The van der Waals surface area contributed by atoms with Crippen LogP contribution in [0.15, 0.2) is 27.0 Å². The molecule has 20 heteroatoms. The maximum absolute atomic E-state index is 13.1. The van der Waals surface area contributed by atoms with Crippen LogP contribution in [-0.2, 0) is 35.3 Å². The number of tetrazole rings is 1. The standard InChI is InChI=1S/C20H24N10O7S3/c1-2-36-11(31)5-37-26-12(10-8-39-19(22)23-10)15(32)24-13-16(33)30-14(18(34)35)9(6-38-17(13)30)7-40-20-25-27-28-29(20)4-3-21/h8,13,17H,2-7,21H2,1H3,(H2,22,23)(H,24,32)(H,34,35)/t13?,17-/m1/s1. The van der Waals surface area contributed by atoms with Crippen LogP contribution in [0.4, 0.5) is 5.13 Å². The second-order valence-electron chi connectivity index (χ2n) is 7.97. The number of anilines is 1. The van der Waals surface area contributed by atoms with Gasteiger partial charge in [0.15, 0.2) is 10.8 Å². The number of amides is 2. The second kappa shape index (κ2) is 13.1. The predicted molar refractivity (Wildman–Crippen MR) is 143 cm³/mol. The molecule has 0 aliphatic carbocycles. The van der Waals surface area contributed by atoms with Gasteiger partial charge >= 0.3 is 11.9 Å². The largest absolute Gasteiger partial charge is 0.477 e. The molecule has 1 saturated heterocycles. The lowest BCUT2D eigenvalue weighted by molar-refractivity contribution is -0.150. The van der Waals surface area contributed by atoms with Crippen molar-refractivity contribution < 1.29 is 33.9 Å². The fourth-order valence-corrected chi connectivity index (χ4v) is 6.61. The van der Waals surface area contributed by atoms with Crippen LogP contribution < -0.4 is 16.8 Å². The number of carbonyl (C=O) groups excluding carboxylic acids is 3. The van der Waals surface area contributed by atoms with Gasteiger partial charge in [0.2, 0.25) is 11.8 Å². The first-order valence-corrected chi connectivity index (χ1v) is 14.5. The summed E-state index contributed by atoms with van der Waals surface area (Å²) in [7, 11) is 0. The quantitative estimate of drug-likeness (QED) is 0.0660. The van der Waals surface area contributed by atoms with Crippen molar-refractivity contribution in [3.05, 3.63) is 22.3 Å². The Morgan fingerprint density at radius 2 is 2.17 bits per heavy atom. The third-order valence-corrected chi connectivity index (χ3v) is 8.43. The Balaban J connectivity index is 1.47. The number of oxime groups is 1. The zero-order valence-corrected chi connectivity index (χ0v) is 23.3. The molecular weight excluding hydrogens is 588 g/mol. The molecule has 2 aliphatic heterocycles. The number of hydrogen-bond donors (Lipinski definition) is 4. The lowest BCUT2D eigenvalue weighted by Crippen LogP contribution is -2.71. The highest BCUT2D eigenvalue weighted by Crippen LogP contribution is 2.41. The number of hydrogen-bond acceptors (Lipinski definition) is 16. The topological polar surface area (TPSA) is 243 Å². The number of nitrogen functional groups attached to an aromatic ring is 1. The van der Waals surface area contributed by atoms with Crippen LogP contribution in [0, 0.1) is 0 Å². The summed E-state index contributed by atoms with van der Waals surface area (Å²) in [5, 5.41) is 29.0. The molecule has 0 bridgehead atoms. The van der Waals surface area contributed by atoms with E-state index in [1.54, 1.807) is 6.92 Å². The third-order valence-electron chi connectivity index (χ3n) is 5.38. The van der Waals surface area contributed by atoms with Gasteiger partial charge in [-0.1, -0.05) is 16.9 Å². The SMILES string of the molecule is CCOC(=O)CON=C(C(=O)NC1C(=O)N2C(C(=O)O)=C(CSc3nnnn3CCN)CS[C@H]12)c1csc(N)n1. The Labute approximate surface area is 238 Å². The lowest BCUT2D eigenvalue weighted by Gasteiger charge is -2.49. The van der Waals surface area contributed by atoms with Gasteiger partial charge in [0, 0.05) is 23.4 Å². The monoisotopic (exact) mass is 612 g/mol. The summed E-state index contributed by atoms with van der Waals surface area (Å²) in [4.78, 5) is 60.1. The molecule has 2 aromatic rings. The first-order chi connectivity index (χ1) is 19.2. The summed E-state index contributed by atoms with van der Waals surface area (Å²) in [6.45, 7) is 1.94. The van der Waals surface area contributed by atoms with E-state index in [4.69, 9.17) is 21.0 Å².